The molecule has 0 radical (unpaired) electrons. The van der Waals surface area contributed by atoms with Gasteiger partial charge in [0.1, 0.15) is 0 Å². The van der Waals surface area contributed by atoms with Crippen molar-refractivity contribution in [3.8, 4) is 0 Å². The van der Waals surface area contributed by atoms with Gasteiger partial charge in [-0.3, -0.25) is 14.5 Å². The standard InChI is InChI=1S/C17H27N3O2/c1-4-10-18-16(21)11-19-17(22)13-20(3)12-15-8-6-14(5-2)7-9-15/h6-9H,4-5,10-13H2,1-3H3,(H,18,21)(H,19,22). The summed E-state index contributed by atoms with van der Waals surface area (Å²) in [6.07, 6.45) is 1.91. The second-order valence-electron chi connectivity index (χ2n) is 5.47. The Morgan fingerprint density at radius 2 is 1.64 bits per heavy atom. The number of aryl methyl sites for hydroxylation is 1. The minimum absolute atomic E-state index is 0.0396. The molecular formula is C17H27N3O2. The SMILES string of the molecule is CCCNC(=O)CNC(=O)CN(C)Cc1ccc(CC)cc1. The Labute approximate surface area is 133 Å². The van der Waals surface area contributed by atoms with E-state index in [-0.39, 0.29) is 24.9 Å². The fourth-order valence-corrected chi connectivity index (χ4v) is 2.05. The van der Waals surface area contributed by atoms with E-state index in [0.717, 1.165) is 12.8 Å². The highest BCUT2D eigenvalue weighted by atomic mass is 16.2. The van der Waals surface area contributed by atoms with Crippen LogP contribution >= 0.6 is 0 Å². The van der Waals surface area contributed by atoms with Gasteiger partial charge in [-0.1, -0.05) is 38.1 Å². The van der Waals surface area contributed by atoms with Gasteiger partial charge in [-0.25, -0.2) is 0 Å². The lowest BCUT2D eigenvalue weighted by Gasteiger charge is -2.16. The van der Waals surface area contributed by atoms with Crippen molar-refractivity contribution in [2.24, 2.45) is 0 Å². The minimum Gasteiger partial charge on any atom is -0.355 e. The van der Waals surface area contributed by atoms with Gasteiger partial charge in [0.05, 0.1) is 13.1 Å². The lowest BCUT2D eigenvalue weighted by molar-refractivity contribution is -0.126. The van der Waals surface area contributed by atoms with Crippen molar-refractivity contribution in [3.63, 3.8) is 0 Å². The third-order valence-corrected chi connectivity index (χ3v) is 3.32. The van der Waals surface area contributed by atoms with Crippen molar-refractivity contribution in [2.45, 2.75) is 33.2 Å². The van der Waals surface area contributed by atoms with Crippen LogP contribution in [0.4, 0.5) is 0 Å². The summed E-state index contributed by atoms with van der Waals surface area (Å²) in [5.41, 5.74) is 2.48. The Morgan fingerprint density at radius 1 is 1.00 bits per heavy atom. The van der Waals surface area contributed by atoms with Gasteiger partial charge in [0.15, 0.2) is 0 Å². The molecule has 1 aromatic rings. The number of carbonyl (C=O) groups is 2. The van der Waals surface area contributed by atoms with Crippen molar-refractivity contribution >= 4 is 11.8 Å². The quantitative estimate of drug-likeness (QED) is 0.723. The fraction of sp³-hybridized carbons (Fsp3) is 0.529. The summed E-state index contributed by atoms with van der Waals surface area (Å²) in [4.78, 5) is 25.1. The normalized spacial score (nSPS) is 10.5. The molecule has 0 fully saturated rings. The molecule has 0 aromatic heterocycles. The molecule has 5 nitrogen and oxygen atoms in total. The van der Waals surface area contributed by atoms with Gasteiger partial charge in [-0.15, -0.1) is 0 Å². The van der Waals surface area contributed by atoms with Crippen LogP contribution in [0.1, 0.15) is 31.4 Å². The van der Waals surface area contributed by atoms with Crippen LogP contribution in [0.15, 0.2) is 24.3 Å². The Bertz CT molecular complexity index is 471. The Hall–Kier alpha value is -1.88. The minimum atomic E-state index is -0.145. The molecule has 0 saturated carbocycles. The first-order chi connectivity index (χ1) is 10.5. The highest BCUT2D eigenvalue weighted by Crippen LogP contribution is 2.07. The molecule has 0 atom stereocenters. The van der Waals surface area contributed by atoms with Crippen LogP contribution in [-0.4, -0.2) is 43.4 Å². The smallest absolute Gasteiger partial charge is 0.239 e. The van der Waals surface area contributed by atoms with Crippen LogP contribution in [-0.2, 0) is 22.6 Å². The number of hydrogen-bond donors (Lipinski definition) is 2. The molecule has 122 valence electrons. The zero-order valence-corrected chi connectivity index (χ0v) is 13.8. The molecule has 1 rings (SSSR count). The molecule has 2 amide bonds. The van der Waals surface area contributed by atoms with E-state index in [0.29, 0.717) is 13.1 Å². The van der Waals surface area contributed by atoms with Gasteiger partial charge < -0.3 is 10.6 Å². The maximum Gasteiger partial charge on any atom is 0.239 e. The Kier molecular flexibility index (Phi) is 8.22. The first-order valence-electron chi connectivity index (χ1n) is 7.84. The van der Waals surface area contributed by atoms with Crippen LogP contribution in [0.2, 0.25) is 0 Å². The van der Waals surface area contributed by atoms with Crippen molar-refractivity contribution in [3.05, 3.63) is 35.4 Å². The summed E-state index contributed by atoms with van der Waals surface area (Å²) in [7, 11) is 1.89. The number of nitrogens with zero attached hydrogens (tertiary/aromatic N) is 1. The molecular weight excluding hydrogens is 278 g/mol. The molecule has 2 N–H and O–H groups in total. The summed E-state index contributed by atoms with van der Waals surface area (Å²) in [5.74, 6) is -0.285. The van der Waals surface area contributed by atoms with Crippen LogP contribution < -0.4 is 10.6 Å². The van der Waals surface area contributed by atoms with Crippen LogP contribution in [0.3, 0.4) is 0 Å². The first kappa shape index (κ1) is 18.2. The molecule has 22 heavy (non-hydrogen) atoms. The number of carbonyl (C=O) groups excluding carboxylic acids is 2. The molecule has 0 spiro atoms. The summed E-state index contributed by atoms with van der Waals surface area (Å²) in [6.45, 7) is 5.78. The molecule has 0 aliphatic heterocycles. The zero-order chi connectivity index (χ0) is 16.4. The summed E-state index contributed by atoms with van der Waals surface area (Å²) >= 11 is 0. The largest absolute Gasteiger partial charge is 0.355 e. The van der Waals surface area contributed by atoms with Crippen molar-refractivity contribution in [1.82, 2.24) is 15.5 Å². The molecule has 0 unspecified atom stereocenters. The van der Waals surface area contributed by atoms with E-state index in [2.05, 4.69) is 41.8 Å². The van der Waals surface area contributed by atoms with Crippen molar-refractivity contribution in [2.75, 3.05) is 26.7 Å². The fourth-order valence-electron chi connectivity index (χ4n) is 2.05. The molecule has 0 saturated heterocycles. The average Bonchev–Trinajstić information content (AvgIpc) is 2.51. The van der Waals surface area contributed by atoms with Crippen LogP contribution in [0, 0.1) is 0 Å². The summed E-state index contributed by atoms with van der Waals surface area (Å²) in [6, 6.07) is 8.40. The summed E-state index contributed by atoms with van der Waals surface area (Å²) in [5, 5.41) is 5.36. The molecule has 0 aliphatic carbocycles. The monoisotopic (exact) mass is 305 g/mol. The predicted molar refractivity (Wildman–Crippen MR) is 88.5 cm³/mol. The van der Waals surface area contributed by atoms with Crippen LogP contribution in [0.25, 0.3) is 0 Å². The van der Waals surface area contributed by atoms with E-state index in [9.17, 15) is 9.59 Å². The number of hydrogen-bond acceptors (Lipinski definition) is 3. The first-order valence-corrected chi connectivity index (χ1v) is 7.84. The number of nitrogens with one attached hydrogen (secondary N) is 2. The lowest BCUT2D eigenvalue weighted by Crippen LogP contribution is -2.41. The van der Waals surface area contributed by atoms with E-state index >= 15 is 0 Å². The number of rotatable bonds is 9. The van der Waals surface area contributed by atoms with Gasteiger partial charge >= 0.3 is 0 Å². The highest BCUT2D eigenvalue weighted by molar-refractivity contribution is 5.85. The van der Waals surface area contributed by atoms with Gasteiger partial charge in [0.25, 0.3) is 0 Å². The number of amides is 2. The third kappa shape index (κ3) is 7.22. The highest BCUT2D eigenvalue weighted by Gasteiger charge is 2.08. The number of likely N-dealkylation sites (N-methyl/N-ethyl adjacent to an activating group) is 1. The second-order valence-corrected chi connectivity index (χ2v) is 5.47. The Balaban J connectivity index is 2.29. The summed E-state index contributed by atoms with van der Waals surface area (Å²) < 4.78 is 0. The van der Waals surface area contributed by atoms with Crippen molar-refractivity contribution < 1.29 is 9.59 Å². The number of benzene rings is 1. The van der Waals surface area contributed by atoms with Gasteiger partial charge in [0, 0.05) is 13.1 Å². The molecule has 0 bridgehead atoms. The Morgan fingerprint density at radius 3 is 2.23 bits per heavy atom. The average molecular weight is 305 g/mol. The predicted octanol–water partition coefficient (Wildman–Crippen LogP) is 1.32. The molecule has 5 heteroatoms. The topological polar surface area (TPSA) is 61.4 Å². The van der Waals surface area contributed by atoms with E-state index in [4.69, 9.17) is 0 Å². The third-order valence-electron chi connectivity index (χ3n) is 3.32. The lowest BCUT2D eigenvalue weighted by atomic mass is 10.1. The maximum absolute atomic E-state index is 11.8. The van der Waals surface area contributed by atoms with Crippen LogP contribution in [0.5, 0.6) is 0 Å². The van der Waals surface area contributed by atoms with Gasteiger partial charge in [0.2, 0.25) is 11.8 Å². The van der Waals surface area contributed by atoms with E-state index < -0.39 is 0 Å². The van der Waals surface area contributed by atoms with E-state index in [1.807, 2.05) is 18.9 Å². The van der Waals surface area contributed by atoms with E-state index in [1.54, 1.807) is 0 Å². The molecule has 1 aromatic carbocycles. The maximum atomic E-state index is 11.8. The van der Waals surface area contributed by atoms with Gasteiger partial charge in [-0.2, -0.15) is 0 Å². The molecule has 0 aliphatic rings. The second kappa shape index (κ2) is 9.95. The molecule has 0 heterocycles. The zero-order valence-electron chi connectivity index (χ0n) is 13.8. The van der Waals surface area contributed by atoms with Gasteiger partial charge in [-0.05, 0) is 31.0 Å². The van der Waals surface area contributed by atoms with E-state index in [1.165, 1.54) is 11.1 Å². The van der Waals surface area contributed by atoms with Crippen molar-refractivity contribution in [1.29, 1.82) is 0 Å².